The van der Waals surface area contributed by atoms with Gasteiger partial charge in [-0.3, -0.25) is 9.79 Å². The molecule has 0 saturated heterocycles. The first-order valence-corrected chi connectivity index (χ1v) is 12.2. The van der Waals surface area contributed by atoms with E-state index in [0.717, 1.165) is 33.5 Å². The van der Waals surface area contributed by atoms with Crippen LogP contribution in [0.1, 0.15) is 23.1 Å². The number of nitrogens with zero attached hydrogens (tertiary/aromatic N) is 2. The number of benzene rings is 4. The predicted molar refractivity (Wildman–Crippen MR) is 146 cm³/mol. The van der Waals surface area contributed by atoms with Crippen LogP contribution in [-0.2, 0) is 11.3 Å². The molecular weight excluding hydrogens is 470 g/mol. The van der Waals surface area contributed by atoms with Gasteiger partial charge in [-0.05, 0) is 72.1 Å². The maximum absolute atomic E-state index is 13.8. The van der Waals surface area contributed by atoms with Gasteiger partial charge in [0.25, 0.3) is 5.91 Å². The number of hydrogen-bond donors (Lipinski definition) is 2. The summed E-state index contributed by atoms with van der Waals surface area (Å²) in [7, 11) is 0. The van der Waals surface area contributed by atoms with Crippen molar-refractivity contribution in [2.24, 2.45) is 10.7 Å². The second-order valence-electron chi connectivity index (χ2n) is 8.77. The third kappa shape index (κ3) is 4.89. The molecule has 0 aliphatic carbocycles. The summed E-state index contributed by atoms with van der Waals surface area (Å²) in [5.74, 6) is 0.0550. The average Bonchev–Trinajstić information content (AvgIpc) is 3.01. The Kier molecular flexibility index (Phi) is 6.85. The van der Waals surface area contributed by atoms with E-state index < -0.39 is 6.04 Å². The molecule has 0 radical (unpaired) electrons. The Morgan fingerprint density at radius 2 is 1.53 bits per heavy atom. The molecule has 1 unspecified atom stereocenters. The molecule has 1 atom stereocenters. The summed E-state index contributed by atoms with van der Waals surface area (Å²) in [5, 5.41) is 10.3. The molecule has 1 heterocycles. The molecule has 0 spiro atoms. The lowest BCUT2D eigenvalue weighted by molar-refractivity contribution is -0.119. The smallest absolute Gasteiger partial charge is 0.252 e. The average molecular weight is 496 g/mol. The van der Waals surface area contributed by atoms with Crippen LogP contribution in [0.4, 0.5) is 5.69 Å². The van der Waals surface area contributed by atoms with Crippen molar-refractivity contribution in [3.8, 4) is 16.9 Å². The van der Waals surface area contributed by atoms with Crippen LogP contribution in [0.2, 0.25) is 5.02 Å². The summed E-state index contributed by atoms with van der Waals surface area (Å²) in [6.45, 7) is 0.724. The Bertz CT molecular complexity index is 1400. The number of halogens is 1. The van der Waals surface area contributed by atoms with Gasteiger partial charge in [0.2, 0.25) is 0 Å². The van der Waals surface area contributed by atoms with Gasteiger partial charge in [0.15, 0.2) is 0 Å². The van der Waals surface area contributed by atoms with Gasteiger partial charge in [0.05, 0.1) is 17.9 Å². The molecule has 6 heteroatoms. The van der Waals surface area contributed by atoms with Crippen molar-refractivity contribution in [2.75, 3.05) is 11.4 Å². The van der Waals surface area contributed by atoms with E-state index in [1.165, 1.54) is 0 Å². The summed E-state index contributed by atoms with van der Waals surface area (Å²) in [6.07, 6.45) is 0.422. The molecule has 0 aromatic heterocycles. The zero-order valence-electron chi connectivity index (χ0n) is 19.6. The lowest BCUT2D eigenvalue weighted by Gasteiger charge is -2.25. The normalized spacial score (nSPS) is 15.3. The molecule has 0 bridgehead atoms. The van der Waals surface area contributed by atoms with Gasteiger partial charge in [0, 0.05) is 16.1 Å². The number of aliphatic imine (C=N–C) groups is 1. The number of anilines is 1. The fourth-order valence-corrected chi connectivity index (χ4v) is 4.66. The number of nitrogens with two attached hydrogens (primary N) is 1. The number of hydrogen-bond acceptors (Lipinski definition) is 4. The number of phenols is 1. The van der Waals surface area contributed by atoms with Gasteiger partial charge in [-0.25, -0.2) is 0 Å². The van der Waals surface area contributed by atoms with Gasteiger partial charge >= 0.3 is 0 Å². The second-order valence-corrected chi connectivity index (χ2v) is 9.20. The van der Waals surface area contributed by atoms with E-state index in [4.69, 9.17) is 22.3 Å². The first-order valence-electron chi connectivity index (χ1n) is 11.9. The van der Waals surface area contributed by atoms with E-state index >= 15 is 0 Å². The molecule has 36 heavy (non-hydrogen) atoms. The predicted octanol–water partition coefficient (Wildman–Crippen LogP) is 5.81. The number of benzodiazepines with no additional fused rings is 1. The monoisotopic (exact) mass is 495 g/mol. The summed E-state index contributed by atoms with van der Waals surface area (Å²) in [6, 6.07) is 30.1. The van der Waals surface area contributed by atoms with E-state index in [9.17, 15) is 9.90 Å². The molecule has 5 rings (SSSR count). The Balaban J connectivity index is 1.56. The third-order valence-corrected chi connectivity index (χ3v) is 6.56. The number of phenolic OH excluding ortho intramolecular Hbond substituents is 1. The van der Waals surface area contributed by atoms with Crippen molar-refractivity contribution < 1.29 is 9.90 Å². The molecule has 3 N–H and O–H groups in total. The quantitative estimate of drug-likeness (QED) is 0.354. The number of rotatable bonds is 6. The van der Waals surface area contributed by atoms with Gasteiger partial charge in [-0.2, -0.15) is 0 Å². The van der Waals surface area contributed by atoms with Crippen LogP contribution < -0.4 is 10.6 Å². The molecular formula is C30H26ClN3O2. The van der Waals surface area contributed by atoms with Crippen molar-refractivity contribution in [1.29, 1.82) is 0 Å². The van der Waals surface area contributed by atoms with Crippen LogP contribution in [0.3, 0.4) is 0 Å². The van der Waals surface area contributed by atoms with E-state index in [1.54, 1.807) is 35.2 Å². The minimum absolute atomic E-state index is 0.107. The summed E-state index contributed by atoms with van der Waals surface area (Å²) >= 11 is 6.41. The number of carbonyl (C=O) groups is 1. The van der Waals surface area contributed by atoms with Crippen molar-refractivity contribution in [3.05, 3.63) is 119 Å². The molecule has 1 aliphatic rings. The maximum atomic E-state index is 13.8. The van der Waals surface area contributed by atoms with Crippen molar-refractivity contribution in [1.82, 2.24) is 0 Å². The highest BCUT2D eigenvalue weighted by atomic mass is 35.5. The van der Waals surface area contributed by atoms with Crippen LogP contribution in [0.25, 0.3) is 11.1 Å². The highest BCUT2D eigenvalue weighted by molar-refractivity contribution is 6.32. The molecule has 180 valence electrons. The number of aromatic hydroxyl groups is 1. The van der Waals surface area contributed by atoms with Gasteiger partial charge < -0.3 is 15.7 Å². The molecule has 0 saturated carbocycles. The molecule has 4 aromatic carbocycles. The van der Waals surface area contributed by atoms with E-state index in [1.807, 2.05) is 30.3 Å². The fraction of sp³-hybridized carbons (Fsp3) is 0.133. The zero-order chi connectivity index (χ0) is 25.1. The van der Waals surface area contributed by atoms with Crippen LogP contribution in [0.15, 0.2) is 102 Å². The topological polar surface area (TPSA) is 78.9 Å². The molecule has 1 aliphatic heterocycles. The Morgan fingerprint density at radius 3 is 2.22 bits per heavy atom. The lowest BCUT2D eigenvalue weighted by atomic mass is 9.99. The second kappa shape index (κ2) is 10.4. The Hall–Kier alpha value is -3.93. The van der Waals surface area contributed by atoms with Gasteiger partial charge in [-0.15, -0.1) is 0 Å². The van der Waals surface area contributed by atoms with Crippen LogP contribution in [0, 0.1) is 0 Å². The highest BCUT2D eigenvalue weighted by Gasteiger charge is 2.32. The third-order valence-electron chi connectivity index (χ3n) is 6.32. The number of amides is 1. The highest BCUT2D eigenvalue weighted by Crippen LogP contribution is 2.33. The summed E-state index contributed by atoms with van der Waals surface area (Å²) < 4.78 is 0. The summed E-state index contributed by atoms with van der Waals surface area (Å²) in [5.41, 5.74) is 12.1. The number of fused-ring (bicyclic) bond motifs is 1. The standard InChI is InChI=1S/C30H26ClN3O2/c31-24-12-15-28-26(18-24)29(23-10-13-25(35)14-11-23)33-27(16-17-32)30(36)34(28)19-20-6-8-22(9-7-20)21-4-2-1-3-5-21/h1-15,18,27,35H,16-17,19,32H2. The van der Waals surface area contributed by atoms with Crippen molar-refractivity contribution >= 4 is 28.9 Å². The first-order chi connectivity index (χ1) is 17.5. The molecule has 4 aromatic rings. The van der Waals surface area contributed by atoms with E-state index in [-0.39, 0.29) is 11.7 Å². The largest absolute Gasteiger partial charge is 0.508 e. The van der Waals surface area contributed by atoms with Gasteiger partial charge in [0.1, 0.15) is 11.8 Å². The molecule has 5 nitrogen and oxygen atoms in total. The minimum atomic E-state index is -0.631. The Morgan fingerprint density at radius 1 is 0.861 bits per heavy atom. The van der Waals surface area contributed by atoms with Crippen LogP contribution in [-0.4, -0.2) is 29.3 Å². The minimum Gasteiger partial charge on any atom is -0.508 e. The number of carbonyl (C=O) groups excluding carboxylic acids is 1. The zero-order valence-corrected chi connectivity index (χ0v) is 20.4. The van der Waals surface area contributed by atoms with Crippen LogP contribution in [0.5, 0.6) is 5.75 Å². The molecule has 0 fully saturated rings. The molecule has 1 amide bonds. The first kappa shape index (κ1) is 23.8. The fourth-order valence-electron chi connectivity index (χ4n) is 4.49. The van der Waals surface area contributed by atoms with E-state index in [0.29, 0.717) is 30.2 Å². The van der Waals surface area contributed by atoms with E-state index in [2.05, 4.69) is 36.4 Å². The summed E-state index contributed by atoms with van der Waals surface area (Å²) in [4.78, 5) is 20.5. The SMILES string of the molecule is NCCC1N=C(c2ccc(O)cc2)c2cc(Cl)ccc2N(Cc2ccc(-c3ccccc3)cc2)C1=O. The van der Waals surface area contributed by atoms with Crippen molar-refractivity contribution in [2.45, 2.75) is 19.0 Å². The lowest BCUT2D eigenvalue weighted by Crippen LogP contribution is -2.38. The van der Waals surface area contributed by atoms with Gasteiger partial charge in [-0.1, -0.05) is 66.2 Å². The Labute approximate surface area is 215 Å². The van der Waals surface area contributed by atoms with Crippen molar-refractivity contribution in [3.63, 3.8) is 0 Å². The van der Waals surface area contributed by atoms with Crippen LogP contribution >= 0.6 is 11.6 Å². The maximum Gasteiger partial charge on any atom is 0.252 e.